The number of aryl methyl sites for hydroxylation is 1. The number of benzene rings is 1. The molecule has 1 heterocycles. The average Bonchev–Trinajstić information content (AvgIpc) is 3.30. The molecule has 27 heavy (non-hydrogen) atoms. The minimum absolute atomic E-state index is 0. The molecule has 144 valence electrons. The van der Waals surface area contributed by atoms with Gasteiger partial charge in [-0.2, -0.15) is 0 Å². The van der Waals surface area contributed by atoms with Crippen LogP contribution in [0.5, 0.6) is 0 Å². The third-order valence-corrected chi connectivity index (χ3v) is 5.90. The van der Waals surface area contributed by atoms with E-state index in [1.54, 1.807) is 0 Å². The molecule has 0 aromatic heterocycles. The molecule has 1 aromatic rings. The van der Waals surface area contributed by atoms with Crippen molar-refractivity contribution in [2.24, 2.45) is 23.7 Å². The number of para-hydroxylation sites is 1. The Bertz CT molecular complexity index is 764. The second kappa shape index (κ2) is 7.72. The lowest BCUT2D eigenvalue weighted by Crippen LogP contribution is -2.39. The van der Waals surface area contributed by atoms with Gasteiger partial charge in [0.05, 0.1) is 11.8 Å². The van der Waals surface area contributed by atoms with Crippen molar-refractivity contribution in [3.8, 4) is 0 Å². The van der Waals surface area contributed by atoms with E-state index < -0.39 is 0 Å². The number of allylic oxidation sites excluding steroid dienone is 2. The molecular formula is C20H24ClN3O3. The van der Waals surface area contributed by atoms with Gasteiger partial charge in [0.15, 0.2) is 0 Å². The van der Waals surface area contributed by atoms with Crippen LogP contribution in [0.15, 0.2) is 36.4 Å². The molecule has 1 saturated carbocycles. The van der Waals surface area contributed by atoms with Crippen LogP contribution in [-0.4, -0.2) is 35.7 Å². The van der Waals surface area contributed by atoms with Gasteiger partial charge in [-0.1, -0.05) is 30.4 Å². The van der Waals surface area contributed by atoms with Gasteiger partial charge in [-0.25, -0.2) is 0 Å². The Morgan fingerprint density at radius 2 is 1.74 bits per heavy atom. The number of anilines is 1. The van der Waals surface area contributed by atoms with Crippen LogP contribution in [0.3, 0.4) is 0 Å². The standard InChI is InChI=1S/C20H23N3O3.ClH/c21-15-4-2-1-3-12(15)7-8-16(24)22-9-10-23-19(25)17-13-5-6-14(11-13)18(17)20(23)26;/h1-6,13-14,17-18H,7-11,21H2,(H,22,24);1H. The van der Waals surface area contributed by atoms with Crippen LogP contribution < -0.4 is 11.1 Å². The molecule has 3 amide bonds. The second-order valence-corrected chi connectivity index (χ2v) is 7.38. The summed E-state index contributed by atoms with van der Waals surface area (Å²) in [6.45, 7) is 0.548. The van der Waals surface area contributed by atoms with Crippen molar-refractivity contribution in [3.63, 3.8) is 0 Å². The van der Waals surface area contributed by atoms with Gasteiger partial charge in [-0.3, -0.25) is 19.3 Å². The maximum absolute atomic E-state index is 12.6. The van der Waals surface area contributed by atoms with E-state index in [9.17, 15) is 14.4 Å². The van der Waals surface area contributed by atoms with E-state index in [0.717, 1.165) is 12.0 Å². The molecule has 4 unspecified atom stereocenters. The molecule has 6 nitrogen and oxygen atoms in total. The molecule has 0 radical (unpaired) electrons. The van der Waals surface area contributed by atoms with Gasteiger partial charge in [-0.15, -0.1) is 12.4 Å². The first kappa shape index (κ1) is 19.4. The maximum Gasteiger partial charge on any atom is 0.233 e. The van der Waals surface area contributed by atoms with E-state index >= 15 is 0 Å². The normalized spacial score (nSPS) is 27.6. The second-order valence-electron chi connectivity index (χ2n) is 7.38. The highest BCUT2D eigenvalue weighted by molar-refractivity contribution is 6.06. The van der Waals surface area contributed by atoms with E-state index in [1.807, 2.05) is 24.3 Å². The predicted octanol–water partition coefficient (Wildman–Crippen LogP) is 1.55. The van der Waals surface area contributed by atoms with Gasteiger partial charge in [0, 0.05) is 25.2 Å². The monoisotopic (exact) mass is 389 g/mol. The first-order valence-electron chi connectivity index (χ1n) is 9.20. The van der Waals surface area contributed by atoms with Crippen molar-refractivity contribution < 1.29 is 14.4 Å². The molecule has 3 aliphatic rings. The van der Waals surface area contributed by atoms with E-state index in [0.29, 0.717) is 25.1 Å². The maximum atomic E-state index is 12.6. The summed E-state index contributed by atoms with van der Waals surface area (Å²) >= 11 is 0. The molecule has 2 aliphatic carbocycles. The Morgan fingerprint density at radius 3 is 2.37 bits per heavy atom. The van der Waals surface area contributed by atoms with Crippen LogP contribution in [-0.2, 0) is 20.8 Å². The number of nitrogens with two attached hydrogens (primary N) is 1. The van der Waals surface area contributed by atoms with E-state index in [-0.39, 0.29) is 60.3 Å². The number of halogens is 1. The number of hydrogen-bond acceptors (Lipinski definition) is 4. The Kier molecular flexibility index (Phi) is 5.56. The summed E-state index contributed by atoms with van der Waals surface area (Å²) in [4.78, 5) is 38.5. The number of rotatable bonds is 6. The number of nitrogen functional groups attached to an aromatic ring is 1. The van der Waals surface area contributed by atoms with Gasteiger partial charge >= 0.3 is 0 Å². The SMILES string of the molecule is Cl.Nc1ccccc1CCC(=O)NCCN1C(=O)C2C3C=CC(C3)C2C1=O. The van der Waals surface area contributed by atoms with Gasteiger partial charge in [0.25, 0.3) is 0 Å². The predicted molar refractivity (Wildman–Crippen MR) is 104 cm³/mol. The Labute approximate surface area is 164 Å². The van der Waals surface area contributed by atoms with E-state index in [2.05, 4.69) is 17.5 Å². The summed E-state index contributed by atoms with van der Waals surface area (Å²) < 4.78 is 0. The summed E-state index contributed by atoms with van der Waals surface area (Å²) in [6.07, 6.45) is 5.99. The summed E-state index contributed by atoms with van der Waals surface area (Å²) in [5.41, 5.74) is 7.51. The number of amides is 3. The summed E-state index contributed by atoms with van der Waals surface area (Å²) in [5, 5.41) is 2.80. The fourth-order valence-corrected chi connectivity index (χ4v) is 4.59. The number of hydrogen-bond donors (Lipinski definition) is 2. The number of fused-ring (bicyclic) bond motifs is 5. The van der Waals surface area contributed by atoms with Crippen LogP contribution in [0.25, 0.3) is 0 Å². The van der Waals surface area contributed by atoms with E-state index in [4.69, 9.17) is 5.73 Å². The zero-order valence-electron chi connectivity index (χ0n) is 15.0. The lowest BCUT2D eigenvalue weighted by Gasteiger charge is -2.17. The highest BCUT2D eigenvalue weighted by Crippen LogP contribution is 2.52. The fraction of sp³-hybridized carbons (Fsp3) is 0.450. The van der Waals surface area contributed by atoms with Crippen LogP contribution in [0.4, 0.5) is 5.69 Å². The first-order chi connectivity index (χ1) is 12.6. The Balaban J connectivity index is 0.00000210. The highest BCUT2D eigenvalue weighted by Gasteiger charge is 2.58. The highest BCUT2D eigenvalue weighted by atomic mass is 35.5. The minimum Gasteiger partial charge on any atom is -0.399 e. The number of carbonyl (C=O) groups excluding carboxylic acids is 3. The van der Waals surface area contributed by atoms with Crippen molar-refractivity contribution in [2.75, 3.05) is 18.8 Å². The molecule has 4 atom stereocenters. The summed E-state index contributed by atoms with van der Waals surface area (Å²) in [5.74, 6) is -0.140. The number of likely N-dealkylation sites (tertiary alicyclic amines) is 1. The fourth-order valence-electron chi connectivity index (χ4n) is 4.59. The molecule has 4 rings (SSSR count). The number of carbonyl (C=O) groups is 3. The molecule has 1 aliphatic heterocycles. The Morgan fingerprint density at radius 1 is 1.11 bits per heavy atom. The molecule has 2 bridgehead atoms. The van der Waals surface area contributed by atoms with Crippen molar-refractivity contribution in [2.45, 2.75) is 19.3 Å². The molecule has 0 spiro atoms. The zero-order chi connectivity index (χ0) is 18.3. The molecule has 2 fully saturated rings. The van der Waals surface area contributed by atoms with Crippen LogP contribution in [0, 0.1) is 23.7 Å². The van der Waals surface area contributed by atoms with E-state index in [1.165, 1.54) is 4.90 Å². The summed E-state index contributed by atoms with van der Waals surface area (Å²) in [7, 11) is 0. The third kappa shape index (κ3) is 3.46. The molecule has 1 saturated heterocycles. The lowest BCUT2D eigenvalue weighted by molar-refractivity contribution is -0.141. The number of nitrogens with zero attached hydrogens (tertiary/aromatic N) is 1. The summed E-state index contributed by atoms with van der Waals surface area (Å²) in [6, 6.07) is 7.48. The average molecular weight is 390 g/mol. The van der Waals surface area contributed by atoms with Gasteiger partial charge in [-0.05, 0) is 36.3 Å². The van der Waals surface area contributed by atoms with Crippen molar-refractivity contribution >= 4 is 35.8 Å². The van der Waals surface area contributed by atoms with Gasteiger partial charge in [0.1, 0.15) is 0 Å². The quantitative estimate of drug-likeness (QED) is 0.438. The van der Waals surface area contributed by atoms with Crippen LogP contribution in [0.2, 0.25) is 0 Å². The minimum atomic E-state index is -0.172. The first-order valence-corrected chi connectivity index (χ1v) is 9.20. The largest absolute Gasteiger partial charge is 0.399 e. The van der Waals surface area contributed by atoms with Crippen molar-refractivity contribution in [1.82, 2.24) is 10.2 Å². The van der Waals surface area contributed by atoms with Crippen molar-refractivity contribution in [3.05, 3.63) is 42.0 Å². The van der Waals surface area contributed by atoms with Gasteiger partial charge in [0.2, 0.25) is 17.7 Å². The smallest absolute Gasteiger partial charge is 0.233 e. The van der Waals surface area contributed by atoms with Crippen molar-refractivity contribution in [1.29, 1.82) is 0 Å². The zero-order valence-corrected chi connectivity index (χ0v) is 15.8. The van der Waals surface area contributed by atoms with Crippen LogP contribution in [0.1, 0.15) is 18.4 Å². The topological polar surface area (TPSA) is 92.5 Å². The van der Waals surface area contributed by atoms with Gasteiger partial charge < -0.3 is 11.1 Å². The third-order valence-electron chi connectivity index (χ3n) is 5.90. The number of imide groups is 1. The lowest BCUT2D eigenvalue weighted by atomic mass is 9.85. The molecular weight excluding hydrogens is 366 g/mol. The molecule has 7 heteroatoms. The number of nitrogens with one attached hydrogen (secondary N) is 1. The van der Waals surface area contributed by atoms with Crippen LogP contribution >= 0.6 is 12.4 Å². The molecule has 3 N–H and O–H groups in total. The Hall–Kier alpha value is -2.34. The molecule has 1 aromatic carbocycles.